The van der Waals surface area contributed by atoms with Crippen LogP contribution in [0.25, 0.3) is 0 Å². The van der Waals surface area contributed by atoms with Crippen LogP contribution in [0.3, 0.4) is 0 Å². The fourth-order valence-corrected chi connectivity index (χ4v) is 1.66. The minimum atomic E-state index is -0.391. The summed E-state index contributed by atoms with van der Waals surface area (Å²) >= 11 is 3.24. The zero-order chi connectivity index (χ0) is 10.0. The van der Waals surface area contributed by atoms with Crippen LogP contribution in [0.5, 0.6) is 0 Å². The molecule has 0 saturated heterocycles. The lowest BCUT2D eigenvalue weighted by Crippen LogP contribution is -2.01. The van der Waals surface area contributed by atoms with E-state index in [0.717, 1.165) is 4.47 Å². The Morgan fingerprint density at radius 2 is 2.15 bits per heavy atom. The summed E-state index contributed by atoms with van der Waals surface area (Å²) in [5, 5.41) is 0. The highest BCUT2D eigenvalue weighted by Crippen LogP contribution is 2.21. The van der Waals surface area contributed by atoms with Crippen molar-refractivity contribution in [3.05, 3.63) is 33.5 Å². The monoisotopic (exact) mass is 244 g/mol. The molecule has 1 aromatic rings. The molecule has 0 bridgehead atoms. The van der Waals surface area contributed by atoms with E-state index in [2.05, 4.69) is 15.9 Å². The molecule has 1 rings (SSSR count). The molecule has 0 fully saturated rings. The normalized spacial score (nSPS) is 10.2. The third-order valence-electron chi connectivity index (χ3n) is 1.87. The second-order valence-corrected chi connectivity index (χ2v) is 3.75. The standard InChI is InChI=1S/C10H10BrFO/c1-3-7-4-8(11)5-9(6(2)13)10(7)12/h4-5H,3H2,1-2H3. The van der Waals surface area contributed by atoms with Gasteiger partial charge < -0.3 is 0 Å². The molecular weight excluding hydrogens is 235 g/mol. The predicted molar refractivity (Wildman–Crippen MR) is 53.5 cm³/mol. The first kappa shape index (κ1) is 10.4. The van der Waals surface area contributed by atoms with Crippen LogP contribution < -0.4 is 0 Å². The lowest BCUT2D eigenvalue weighted by atomic mass is 10.1. The summed E-state index contributed by atoms with van der Waals surface area (Å²) < 4.78 is 14.2. The van der Waals surface area contributed by atoms with Crippen LogP contribution in [0.1, 0.15) is 29.8 Å². The summed E-state index contributed by atoms with van der Waals surface area (Å²) in [5.41, 5.74) is 0.728. The second kappa shape index (κ2) is 4.01. The topological polar surface area (TPSA) is 17.1 Å². The van der Waals surface area contributed by atoms with Gasteiger partial charge in [-0.3, -0.25) is 4.79 Å². The van der Waals surface area contributed by atoms with Crippen LogP contribution in [0.15, 0.2) is 16.6 Å². The number of carbonyl (C=O) groups excluding carboxylic acids is 1. The van der Waals surface area contributed by atoms with Crippen LogP contribution in [0, 0.1) is 5.82 Å². The van der Waals surface area contributed by atoms with Crippen molar-refractivity contribution in [2.45, 2.75) is 20.3 Å². The molecule has 0 radical (unpaired) electrons. The van der Waals surface area contributed by atoms with Crippen LogP contribution in [0.2, 0.25) is 0 Å². The van der Waals surface area contributed by atoms with Gasteiger partial charge in [0, 0.05) is 4.47 Å². The van der Waals surface area contributed by atoms with Gasteiger partial charge in [-0.15, -0.1) is 0 Å². The van der Waals surface area contributed by atoms with E-state index in [-0.39, 0.29) is 11.3 Å². The number of hydrogen-bond donors (Lipinski definition) is 0. The highest BCUT2D eigenvalue weighted by molar-refractivity contribution is 9.10. The van der Waals surface area contributed by atoms with Crippen molar-refractivity contribution in [2.75, 3.05) is 0 Å². The van der Waals surface area contributed by atoms with Gasteiger partial charge in [-0.2, -0.15) is 0 Å². The van der Waals surface area contributed by atoms with Crippen molar-refractivity contribution in [3.8, 4) is 0 Å². The zero-order valence-corrected chi connectivity index (χ0v) is 9.11. The molecule has 0 atom stereocenters. The Morgan fingerprint density at radius 3 is 2.62 bits per heavy atom. The molecule has 13 heavy (non-hydrogen) atoms. The molecular formula is C10H10BrFO. The van der Waals surface area contributed by atoms with E-state index >= 15 is 0 Å². The first-order valence-electron chi connectivity index (χ1n) is 4.05. The maximum atomic E-state index is 13.5. The number of carbonyl (C=O) groups is 1. The van der Waals surface area contributed by atoms with Crippen molar-refractivity contribution in [2.24, 2.45) is 0 Å². The van der Waals surface area contributed by atoms with Crippen molar-refractivity contribution in [3.63, 3.8) is 0 Å². The van der Waals surface area contributed by atoms with Crippen LogP contribution in [-0.4, -0.2) is 5.78 Å². The molecule has 0 spiro atoms. The third-order valence-corrected chi connectivity index (χ3v) is 2.33. The minimum Gasteiger partial charge on any atom is -0.294 e. The summed E-state index contributed by atoms with van der Waals surface area (Å²) in [7, 11) is 0. The van der Waals surface area contributed by atoms with E-state index in [1.807, 2.05) is 6.92 Å². The van der Waals surface area contributed by atoms with E-state index in [1.54, 1.807) is 6.07 Å². The van der Waals surface area contributed by atoms with Gasteiger partial charge in [0.2, 0.25) is 0 Å². The number of halogens is 2. The Kier molecular flexibility index (Phi) is 3.20. The lowest BCUT2D eigenvalue weighted by molar-refractivity contribution is 0.101. The number of benzene rings is 1. The quantitative estimate of drug-likeness (QED) is 0.730. The first-order chi connectivity index (χ1) is 6.06. The third kappa shape index (κ3) is 2.15. The number of ketones is 1. The molecule has 0 N–H and O–H groups in total. The van der Waals surface area contributed by atoms with Crippen molar-refractivity contribution in [1.82, 2.24) is 0 Å². The fourth-order valence-electron chi connectivity index (χ4n) is 1.16. The number of aryl methyl sites for hydroxylation is 1. The summed E-state index contributed by atoms with van der Waals surface area (Å²) in [6.45, 7) is 3.22. The molecule has 3 heteroatoms. The summed E-state index contributed by atoms with van der Waals surface area (Å²) in [6, 6.07) is 3.21. The van der Waals surface area contributed by atoms with Gasteiger partial charge in [-0.25, -0.2) is 4.39 Å². The van der Waals surface area contributed by atoms with E-state index < -0.39 is 5.82 Å². The summed E-state index contributed by atoms with van der Waals surface area (Å²) in [4.78, 5) is 11.0. The maximum Gasteiger partial charge on any atom is 0.162 e. The Labute approximate surface area is 85.1 Å². The molecule has 0 aliphatic rings. The van der Waals surface area contributed by atoms with E-state index in [1.165, 1.54) is 13.0 Å². The Balaban J connectivity index is 3.35. The molecule has 1 nitrogen and oxygen atoms in total. The highest BCUT2D eigenvalue weighted by atomic mass is 79.9. The Hall–Kier alpha value is -0.700. The minimum absolute atomic E-state index is 0.159. The van der Waals surface area contributed by atoms with Gasteiger partial charge in [-0.05, 0) is 31.0 Å². The van der Waals surface area contributed by atoms with Crippen LogP contribution in [-0.2, 0) is 6.42 Å². The molecule has 1 aromatic carbocycles. The van der Waals surface area contributed by atoms with E-state index in [4.69, 9.17) is 0 Å². The predicted octanol–water partition coefficient (Wildman–Crippen LogP) is 3.35. The lowest BCUT2D eigenvalue weighted by Gasteiger charge is -2.05. The van der Waals surface area contributed by atoms with E-state index in [0.29, 0.717) is 12.0 Å². The van der Waals surface area contributed by atoms with Crippen molar-refractivity contribution >= 4 is 21.7 Å². The SMILES string of the molecule is CCc1cc(Br)cc(C(C)=O)c1F. The van der Waals surface area contributed by atoms with Crippen LogP contribution >= 0.6 is 15.9 Å². The van der Waals surface area contributed by atoms with Gasteiger partial charge >= 0.3 is 0 Å². The van der Waals surface area contributed by atoms with Gasteiger partial charge in [0.05, 0.1) is 5.56 Å². The summed E-state index contributed by atoms with van der Waals surface area (Å²) in [5.74, 6) is -0.633. The molecule has 0 unspecified atom stereocenters. The average Bonchev–Trinajstić information content (AvgIpc) is 2.08. The molecule has 70 valence electrons. The number of rotatable bonds is 2. The van der Waals surface area contributed by atoms with Gasteiger partial charge in [0.15, 0.2) is 5.78 Å². The molecule has 0 heterocycles. The largest absolute Gasteiger partial charge is 0.294 e. The zero-order valence-electron chi connectivity index (χ0n) is 7.53. The fraction of sp³-hybridized carbons (Fsp3) is 0.300. The highest BCUT2D eigenvalue weighted by Gasteiger charge is 2.11. The van der Waals surface area contributed by atoms with Crippen molar-refractivity contribution < 1.29 is 9.18 Å². The first-order valence-corrected chi connectivity index (χ1v) is 4.84. The van der Waals surface area contributed by atoms with E-state index in [9.17, 15) is 9.18 Å². The van der Waals surface area contributed by atoms with Gasteiger partial charge in [-0.1, -0.05) is 22.9 Å². The number of hydrogen-bond acceptors (Lipinski definition) is 1. The molecule has 0 aromatic heterocycles. The molecule has 0 saturated carbocycles. The molecule has 0 aliphatic carbocycles. The maximum absolute atomic E-state index is 13.5. The second-order valence-electron chi connectivity index (χ2n) is 2.84. The molecule has 0 amide bonds. The summed E-state index contributed by atoms with van der Waals surface area (Å²) in [6.07, 6.45) is 0.589. The average molecular weight is 245 g/mol. The van der Waals surface area contributed by atoms with Gasteiger partial charge in [0.25, 0.3) is 0 Å². The molecule has 0 aliphatic heterocycles. The smallest absolute Gasteiger partial charge is 0.162 e. The number of Topliss-reactive ketones (excluding diaryl/α,β-unsaturated/α-hetero) is 1. The van der Waals surface area contributed by atoms with Gasteiger partial charge in [0.1, 0.15) is 5.82 Å². The Bertz CT molecular complexity index is 347. The Morgan fingerprint density at radius 1 is 1.54 bits per heavy atom. The van der Waals surface area contributed by atoms with Crippen molar-refractivity contribution in [1.29, 1.82) is 0 Å². The van der Waals surface area contributed by atoms with Crippen LogP contribution in [0.4, 0.5) is 4.39 Å².